The summed E-state index contributed by atoms with van der Waals surface area (Å²) in [6.07, 6.45) is 1.83. The molecule has 2 aromatic rings. The zero-order chi connectivity index (χ0) is 12.3. The number of hydrogen-bond acceptors (Lipinski definition) is 2. The summed E-state index contributed by atoms with van der Waals surface area (Å²) in [5, 5.41) is 21.5. The van der Waals surface area contributed by atoms with Gasteiger partial charge in [0, 0.05) is 12.7 Å². The Morgan fingerprint density at radius 1 is 1.24 bits per heavy atom. The third-order valence-corrected chi connectivity index (χ3v) is 3.01. The van der Waals surface area contributed by atoms with Crippen molar-refractivity contribution in [2.45, 2.75) is 6.54 Å². The van der Waals surface area contributed by atoms with Crippen LogP contribution in [0.1, 0.15) is 0 Å². The summed E-state index contributed by atoms with van der Waals surface area (Å²) in [7, 11) is 0. The summed E-state index contributed by atoms with van der Waals surface area (Å²) in [6, 6.07) is 5.91. The maximum Gasteiger partial charge on any atom is 0.140 e. The molecule has 4 N–H and O–H groups in total. The molecule has 1 heterocycles. The molecule has 5 heteroatoms. The molecule has 0 amide bonds. The molecule has 0 bridgehead atoms. The van der Waals surface area contributed by atoms with Crippen molar-refractivity contribution in [1.82, 2.24) is 4.57 Å². The van der Waals surface area contributed by atoms with Gasteiger partial charge in [-0.05, 0) is 12.1 Å². The van der Waals surface area contributed by atoms with Gasteiger partial charge in [-0.1, -0.05) is 17.7 Å². The average Bonchev–Trinajstić information content (AvgIpc) is 2.65. The van der Waals surface area contributed by atoms with Gasteiger partial charge in [0.15, 0.2) is 0 Å². The number of aliphatic hydroxyl groups is 2. The van der Waals surface area contributed by atoms with Crippen LogP contribution < -0.4 is 5.32 Å². The number of nitrogens with zero attached hydrogens (tertiary/aromatic N) is 1. The van der Waals surface area contributed by atoms with Crippen LogP contribution in [-0.2, 0) is 6.54 Å². The number of aliphatic hydroxyl groups excluding tert-OH is 2. The second-order valence-corrected chi connectivity index (χ2v) is 4.26. The molecule has 0 radical (unpaired) electrons. The van der Waals surface area contributed by atoms with E-state index in [9.17, 15) is 0 Å². The molecule has 0 fully saturated rings. The minimum atomic E-state index is 0.0880. The zero-order valence-electron chi connectivity index (χ0n) is 9.43. The normalized spacial score (nSPS) is 11.2. The maximum absolute atomic E-state index is 8.99. The highest BCUT2D eigenvalue weighted by Gasteiger charge is 2.12. The number of hydrogen-bond donors (Lipinski definition) is 3. The molecule has 1 aromatic heterocycles. The van der Waals surface area contributed by atoms with Gasteiger partial charge >= 0.3 is 0 Å². The highest BCUT2D eigenvalue weighted by molar-refractivity contribution is 6.36. The van der Waals surface area contributed by atoms with Crippen LogP contribution in [0.15, 0.2) is 24.4 Å². The fourth-order valence-corrected chi connectivity index (χ4v) is 2.33. The van der Waals surface area contributed by atoms with Gasteiger partial charge in [-0.25, -0.2) is 0 Å². The van der Waals surface area contributed by atoms with Crippen molar-refractivity contribution < 1.29 is 15.5 Å². The van der Waals surface area contributed by atoms with Gasteiger partial charge in [-0.3, -0.25) is 0 Å². The Balaban J connectivity index is 2.48. The van der Waals surface area contributed by atoms with Gasteiger partial charge in [-0.2, -0.15) is 0 Å². The zero-order valence-corrected chi connectivity index (χ0v) is 10.2. The summed E-state index contributed by atoms with van der Waals surface area (Å²) in [5.74, 6) is 0. The van der Waals surface area contributed by atoms with E-state index in [0.717, 1.165) is 16.6 Å². The molecule has 0 unspecified atom stereocenters. The lowest BCUT2D eigenvalue weighted by Crippen LogP contribution is -2.79. The van der Waals surface area contributed by atoms with Gasteiger partial charge in [-0.15, -0.1) is 0 Å². The minimum absolute atomic E-state index is 0.0880. The molecule has 17 heavy (non-hydrogen) atoms. The van der Waals surface area contributed by atoms with Crippen molar-refractivity contribution in [3.8, 4) is 0 Å². The largest absolute Gasteiger partial charge is 0.395 e. The van der Waals surface area contributed by atoms with Gasteiger partial charge in [0.2, 0.25) is 0 Å². The summed E-state index contributed by atoms with van der Waals surface area (Å²) in [6.45, 7) is 1.36. The van der Waals surface area contributed by atoms with E-state index >= 15 is 0 Å². The van der Waals surface area contributed by atoms with E-state index in [1.165, 1.54) is 0 Å². The molecule has 0 aliphatic heterocycles. The predicted octanol–water partition coefficient (Wildman–Crippen LogP) is 0.474. The first-order chi connectivity index (χ1) is 8.27. The molecule has 0 saturated carbocycles. The van der Waals surface area contributed by atoms with Crippen LogP contribution >= 0.6 is 11.6 Å². The van der Waals surface area contributed by atoms with Crippen molar-refractivity contribution in [2.24, 2.45) is 0 Å². The van der Waals surface area contributed by atoms with E-state index in [4.69, 9.17) is 21.8 Å². The topological polar surface area (TPSA) is 62.0 Å². The smallest absolute Gasteiger partial charge is 0.140 e. The van der Waals surface area contributed by atoms with E-state index in [1.54, 1.807) is 0 Å². The van der Waals surface area contributed by atoms with Gasteiger partial charge < -0.3 is 20.1 Å². The quantitative estimate of drug-likeness (QED) is 0.681. The van der Waals surface area contributed by atoms with Crippen molar-refractivity contribution in [3.63, 3.8) is 0 Å². The second kappa shape index (κ2) is 5.51. The Morgan fingerprint density at radius 2 is 2.06 bits per heavy atom. The van der Waals surface area contributed by atoms with E-state index in [0.29, 0.717) is 18.1 Å². The number of quaternary nitrogens is 1. The number of fused-ring (bicyclic) bond motifs is 1. The van der Waals surface area contributed by atoms with E-state index < -0.39 is 0 Å². The Morgan fingerprint density at radius 3 is 2.76 bits per heavy atom. The lowest BCUT2D eigenvalue weighted by molar-refractivity contribution is -0.571. The Bertz CT molecular complexity index is 510. The monoisotopic (exact) mass is 255 g/mol. The van der Waals surface area contributed by atoms with Crippen LogP contribution in [0.25, 0.3) is 10.9 Å². The van der Waals surface area contributed by atoms with Crippen LogP contribution in [-0.4, -0.2) is 34.5 Å². The van der Waals surface area contributed by atoms with Gasteiger partial charge in [0.25, 0.3) is 0 Å². The first-order valence-electron chi connectivity index (χ1n) is 5.60. The SMILES string of the molecule is OCC[NH2+]c1cccc2c1c(Cl)cn2CCO. The molecule has 1 aromatic carbocycles. The molecule has 4 nitrogen and oxygen atoms in total. The van der Waals surface area contributed by atoms with Crippen LogP contribution in [0, 0.1) is 0 Å². The lowest BCUT2D eigenvalue weighted by Gasteiger charge is -2.04. The van der Waals surface area contributed by atoms with E-state index in [1.807, 2.05) is 34.3 Å². The molecule has 0 aliphatic rings. The van der Waals surface area contributed by atoms with E-state index in [-0.39, 0.29) is 13.2 Å². The minimum Gasteiger partial charge on any atom is -0.395 e. The molecule has 0 saturated heterocycles. The Kier molecular flexibility index (Phi) is 4.02. The second-order valence-electron chi connectivity index (χ2n) is 3.85. The number of nitrogens with two attached hydrogens (primary N) is 1. The average molecular weight is 256 g/mol. The molecular formula is C12H16ClN2O2+. The summed E-state index contributed by atoms with van der Waals surface area (Å²) < 4.78 is 1.94. The predicted molar refractivity (Wildman–Crippen MR) is 67.6 cm³/mol. The number of benzene rings is 1. The molecule has 0 atom stereocenters. The van der Waals surface area contributed by atoms with Crippen molar-refractivity contribution >= 4 is 28.2 Å². The van der Waals surface area contributed by atoms with Crippen LogP contribution in [0.2, 0.25) is 5.02 Å². The summed E-state index contributed by atoms with van der Waals surface area (Å²) in [5.41, 5.74) is 2.04. The molecule has 2 rings (SSSR count). The maximum atomic E-state index is 8.99. The van der Waals surface area contributed by atoms with Crippen molar-refractivity contribution in [2.75, 3.05) is 19.8 Å². The number of halogens is 1. The fourth-order valence-electron chi connectivity index (χ4n) is 2.01. The Hall–Kier alpha value is -1.07. The summed E-state index contributed by atoms with van der Waals surface area (Å²) >= 11 is 6.21. The first-order valence-corrected chi connectivity index (χ1v) is 5.98. The van der Waals surface area contributed by atoms with Gasteiger partial charge in [0.05, 0.1) is 29.1 Å². The Labute approximate surface area is 104 Å². The van der Waals surface area contributed by atoms with Crippen LogP contribution in [0.3, 0.4) is 0 Å². The number of aromatic nitrogens is 1. The molecule has 0 spiro atoms. The first kappa shape index (κ1) is 12.4. The molecular weight excluding hydrogens is 240 g/mol. The van der Waals surface area contributed by atoms with Crippen LogP contribution in [0.5, 0.6) is 0 Å². The van der Waals surface area contributed by atoms with Crippen molar-refractivity contribution in [1.29, 1.82) is 0 Å². The van der Waals surface area contributed by atoms with Crippen molar-refractivity contribution in [3.05, 3.63) is 29.4 Å². The standard InChI is InChI=1S/C12H15ClN2O2/c13-9-8-15(5-7-17)11-3-1-2-10(12(9)11)14-4-6-16/h1-3,8,14,16-17H,4-7H2/p+1. The van der Waals surface area contributed by atoms with E-state index in [2.05, 4.69) is 0 Å². The van der Waals surface area contributed by atoms with Crippen LogP contribution in [0.4, 0.5) is 5.69 Å². The third kappa shape index (κ3) is 2.45. The molecule has 92 valence electrons. The van der Waals surface area contributed by atoms with Gasteiger partial charge in [0.1, 0.15) is 12.2 Å². The highest BCUT2D eigenvalue weighted by Crippen LogP contribution is 2.29. The number of rotatable bonds is 5. The third-order valence-electron chi connectivity index (χ3n) is 2.73. The molecule has 0 aliphatic carbocycles. The lowest BCUT2D eigenvalue weighted by atomic mass is 10.2. The highest BCUT2D eigenvalue weighted by atomic mass is 35.5. The summed E-state index contributed by atoms with van der Waals surface area (Å²) in [4.78, 5) is 0. The fraction of sp³-hybridized carbons (Fsp3) is 0.333.